The van der Waals surface area contributed by atoms with Crippen molar-refractivity contribution in [2.45, 2.75) is 38.8 Å². The Morgan fingerprint density at radius 3 is 2.85 bits per heavy atom. The zero-order valence-electron chi connectivity index (χ0n) is 8.33. The Balaban J connectivity index is 2.21. The van der Waals surface area contributed by atoms with Crippen LogP contribution in [-0.4, -0.2) is 9.78 Å². The van der Waals surface area contributed by atoms with E-state index < -0.39 is 0 Å². The summed E-state index contributed by atoms with van der Waals surface area (Å²) in [7, 11) is 0. The van der Waals surface area contributed by atoms with Gasteiger partial charge in [0.25, 0.3) is 0 Å². The molecule has 1 fully saturated rings. The van der Waals surface area contributed by atoms with Crippen LogP contribution in [0.15, 0.2) is 12.3 Å². The molecule has 3 heteroatoms. The fourth-order valence-corrected chi connectivity index (χ4v) is 1.64. The first-order chi connectivity index (χ1) is 6.12. The van der Waals surface area contributed by atoms with Gasteiger partial charge in [-0.1, -0.05) is 13.8 Å². The number of hydrogen-bond acceptors (Lipinski definition) is 2. The third-order valence-electron chi connectivity index (χ3n) is 2.55. The second-order valence-electron chi connectivity index (χ2n) is 4.45. The number of nitrogens with two attached hydrogens (primary N) is 1. The first-order valence-corrected chi connectivity index (χ1v) is 4.93. The molecule has 1 aliphatic carbocycles. The Bertz CT molecular complexity index is 297. The van der Waals surface area contributed by atoms with Crippen molar-refractivity contribution in [2.24, 2.45) is 11.7 Å². The molecule has 2 rings (SSSR count). The summed E-state index contributed by atoms with van der Waals surface area (Å²) in [6.07, 6.45) is 4.07. The third-order valence-corrected chi connectivity index (χ3v) is 2.55. The molecule has 0 radical (unpaired) electrons. The minimum Gasteiger partial charge on any atom is -0.320 e. The van der Waals surface area contributed by atoms with Gasteiger partial charge in [0.05, 0.1) is 11.2 Å². The van der Waals surface area contributed by atoms with Gasteiger partial charge < -0.3 is 5.73 Å². The summed E-state index contributed by atoms with van der Waals surface area (Å²) in [6, 6.07) is 2.05. The van der Waals surface area contributed by atoms with E-state index in [2.05, 4.69) is 29.7 Å². The maximum absolute atomic E-state index is 6.13. The lowest BCUT2D eigenvalue weighted by molar-refractivity contribution is 0.451. The number of hydrogen-bond donors (Lipinski definition) is 1. The van der Waals surface area contributed by atoms with Crippen LogP contribution >= 0.6 is 0 Å². The van der Waals surface area contributed by atoms with Crippen LogP contribution in [0.25, 0.3) is 0 Å². The van der Waals surface area contributed by atoms with Gasteiger partial charge in [0, 0.05) is 12.7 Å². The summed E-state index contributed by atoms with van der Waals surface area (Å²) in [6.45, 7) is 5.37. The molecule has 0 aliphatic heterocycles. The van der Waals surface area contributed by atoms with E-state index in [-0.39, 0.29) is 5.54 Å². The van der Waals surface area contributed by atoms with Crippen LogP contribution in [0.4, 0.5) is 0 Å². The first kappa shape index (κ1) is 8.75. The molecular weight excluding hydrogens is 162 g/mol. The van der Waals surface area contributed by atoms with E-state index in [1.807, 2.05) is 6.20 Å². The molecule has 0 unspecified atom stereocenters. The predicted molar refractivity (Wildman–Crippen MR) is 52.2 cm³/mol. The smallest absolute Gasteiger partial charge is 0.0582 e. The van der Waals surface area contributed by atoms with Crippen LogP contribution in [0.1, 0.15) is 32.4 Å². The zero-order chi connectivity index (χ0) is 9.47. The summed E-state index contributed by atoms with van der Waals surface area (Å²) in [5, 5.41) is 4.30. The van der Waals surface area contributed by atoms with Gasteiger partial charge in [-0.3, -0.25) is 4.68 Å². The Labute approximate surface area is 78.9 Å². The average molecular weight is 179 g/mol. The van der Waals surface area contributed by atoms with Crippen molar-refractivity contribution < 1.29 is 0 Å². The Hall–Kier alpha value is -0.830. The highest BCUT2D eigenvalue weighted by Crippen LogP contribution is 2.42. The van der Waals surface area contributed by atoms with Crippen LogP contribution < -0.4 is 5.73 Å². The molecule has 0 aromatic carbocycles. The summed E-state index contributed by atoms with van der Waals surface area (Å²) in [4.78, 5) is 0. The molecule has 72 valence electrons. The normalized spacial score (nSPS) is 19.4. The molecule has 0 bridgehead atoms. The third kappa shape index (κ3) is 1.61. The van der Waals surface area contributed by atoms with E-state index in [4.69, 9.17) is 5.73 Å². The van der Waals surface area contributed by atoms with Gasteiger partial charge in [-0.25, -0.2) is 0 Å². The monoisotopic (exact) mass is 179 g/mol. The summed E-state index contributed by atoms with van der Waals surface area (Å²) >= 11 is 0. The van der Waals surface area contributed by atoms with Crippen LogP contribution in [0.3, 0.4) is 0 Å². The Morgan fingerprint density at radius 1 is 1.62 bits per heavy atom. The zero-order valence-corrected chi connectivity index (χ0v) is 8.33. The summed E-state index contributed by atoms with van der Waals surface area (Å²) in [5.74, 6) is 0.626. The number of aromatic nitrogens is 2. The molecule has 1 aliphatic rings. The maximum Gasteiger partial charge on any atom is 0.0582 e. The molecule has 1 heterocycles. The molecule has 1 aromatic heterocycles. The molecule has 3 nitrogen and oxygen atoms in total. The van der Waals surface area contributed by atoms with E-state index in [9.17, 15) is 0 Å². The van der Waals surface area contributed by atoms with Gasteiger partial charge in [-0.2, -0.15) is 5.10 Å². The van der Waals surface area contributed by atoms with Crippen molar-refractivity contribution in [3.8, 4) is 0 Å². The van der Waals surface area contributed by atoms with Crippen LogP contribution in [0.2, 0.25) is 0 Å². The number of nitrogens with zero attached hydrogens (tertiary/aromatic N) is 2. The molecule has 0 atom stereocenters. The highest BCUT2D eigenvalue weighted by molar-refractivity contribution is 5.21. The van der Waals surface area contributed by atoms with Gasteiger partial charge >= 0.3 is 0 Å². The van der Waals surface area contributed by atoms with E-state index in [1.54, 1.807) is 0 Å². The van der Waals surface area contributed by atoms with Gasteiger partial charge in [0.1, 0.15) is 0 Å². The quantitative estimate of drug-likeness (QED) is 0.764. The standard InChI is InChI=1S/C10H17N3/c1-8(2)7-13-9(3-6-12-13)10(11)4-5-10/h3,6,8H,4-5,7,11H2,1-2H3. The molecule has 2 N–H and O–H groups in total. The topological polar surface area (TPSA) is 43.8 Å². The Kier molecular flexibility index (Phi) is 1.91. The predicted octanol–water partition coefficient (Wildman–Crippen LogP) is 1.49. The van der Waals surface area contributed by atoms with Crippen molar-refractivity contribution in [3.05, 3.63) is 18.0 Å². The molecule has 0 saturated heterocycles. The molecule has 0 amide bonds. The van der Waals surface area contributed by atoms with Gasteiger partial charge in [0.15, 0.2) is 0 Å². The highest BCUT2D eigenvalue weighted by Gasteiger charge is 2.42. The van der Waals surface area contributed by atoms with E-state index in [0.29, 0.717) is 5.92 Å². The van der Waals surface area contributed by atoms with E-state index >= 15 is 0 Å². The van der Waals surface area contributed by atoms with Gasteiger partial charge in [0.2, 0.25) is 0 Å². The Morgan fingerprint density at radius 2 is 2.31 bits per heavy atom. The fourth-order valence-electron chi connectivity index (χ4n) is 1.64. The van der Waals surface area contributed by atoms with E-state index in [0.717, 1.165) is 19.4 Å². The second kappa shape index (κ2) is 2.84. The van der Waals surface area contributed by atoms with Gasteiger partial charge in [-0.05, 0) is 24.8 Å². The lowest BCUT2D eigenvalue weighted by Crippen LogP contribution is -2.24. The van der Waals surface area contributed by atoms with E-state index in [1.165, 1.54) is 5.69 Å². The van der Waals surface area contributed by atoms with Crippen molar-refractivity contribution in [2.75, 3.05) is 0 Å². The van der Waals surface area contributed by atoms with Crippen molar-refractivity contribution in [1.82, 2.24) is 9.78 Å². The van der Waals surface area contributed by atoms with Crippen LogP contribution in [-0.2, 0) is 12.1 Å². The largest absolute Gasteiger partial charge is 0.320 e. The minimum atomic E-state index is -0.0502. The molecule has 1 aromatic rings. The number of rotatable bonds is 3. The van der Waals surface area contributed by atoms with Gasteiger partial charge in [-0.15, -0.1) is 0 Å². The van der Waals surface area contributed by atoms with Crippen LogP contribution in [0.5, 0.6) is 0 Å². The van der Waals surface area contributed by atoms with Crippen molar-refractivity contribution >= 4 is 0 Å². The molecule has 0 spiro atoms. The lowest BCUT2D eigenvalue weighted by Gasteiger charge is -2.13. The van der Waals surface area contributed by atoms with Crippen molar-refractivity contribution in [1.29, 1.82) is 0 Å². The highest BCUT2D eigenvalue weighted by atomic mass is 15.3. The molecule has 1 saturated carbocycles. The summed E-state index contributed by atoms with van der Waals surface area (Å²) < 4.78 is 2.05. The summed E-state index contributed by atoms with van der Waals surface area (Å²) in [5.41, 5.74) is 7.29. The minimum absolute atomic E-state index is 0.0502. The molecular formula is C10H17N3. The average Bonchev–Trinajstić information content (AvgIpc) is 2.62. The fraction of sp³-hybridized carbons (Fsp3) is 0.700. The second-order valence-corrected chi connectivity index (χ2v) is 4.45. The van der Waals surface area contributed by atoms with Crippen molar-refractivity contribution in [3.63, 3.8) is 0 Å². The molecule has 13 heavy (non-hydrogen) atoms. The van der Waals surface area contributed by atoms with Crippen LogP contribution in [0, 0.1) is 5.92 Å². The first-order valence-electron chi connectivity index (χ1n) is 4.93. The lowest BCUT2D eigenvalue weighted by atomic mass is 10.2. The SMILES string of the molecule is CC(C)Cn1nccc1C1(N)CC1. The maximum atomic E-state index is 6.13.